The molecule has 0 aliphatic carbocycles. The predicted molar refractivity (Wildman–Crippen MR) is 145 cm³/mol. The average molecular weight is 487 g/mol. The van der Waals surface area contributed by atoms with Crippen molar-refractivity contribution in [2.45, 2.75) is 44.9 Å². The van der Waals surface area contributed by atoms with Crippen LogP contribution >= 0.6 is 0 Å². The maximum atomic E-state index is 5.62. The van der Waals surface area contributed by atoms with Gasteiger partial charge in [-0.05, 0) is 94.2 Å². The van der Waals surface area contributed by atoms with E-state index in [1.165, 1.54) is 11.1 Å². The van der Waals surface area contributed by atoms with Gasteiger partial charge in [0.25, 0.3) is 0 Å². The lowest BCUT2D eigenvalue weighted by Crippen LogP contribution is -2.42. The molecule has 0 fully saturated rings. The van der Waals surface area contributed by atoms with E-state index in [4.69, 9.17) is 18.9 Å². The van der Waals surface area contributed by atoms with Gasteiger partial charge in [0.05, 0.1) is 28.4 Å². The van der Waals surface area contributed by atoms with Crippen molar-refractivity contribution in [1.82, 2.24) is 10.2 Å². The molecule has 0 aliphatic heterocycles. The largest absolute Gasteiger partial charge is 0.493 e. The first kappa shape index (κ1) is 28.8. The molecule has 0 heterocycles. The van der Waals surface area contributed by atoms with Gasteiger partial charge in [0.2, 0.25) is 0 Å². The number of nitrogens with one attached hydrogen (secondary N) is 1. The molecule has 0 amide bonds. The Morgan fingerprint density at radius 3 is 1.91 bits per heavy atom. The first-order valence-electron chi connectivity index (χ1n) is 12.6. The summed E-state index contributed by atoms with van der Waals surface area (Å²) >= 11 is 0. The van der Waals surface area contributed by atoms with Crippen molar-refractivity contribution in [2.75, 3.05) is 62.2 Å². The van der Waals surface area contributed by atoms with Gasteiger partial charge in [0, 0.05) is 12.0 Å². The van der Waals surface area contributed by atoms with E-state index in [0.717, 1.165) is 68.3 Å². The molecule has 1 atom stereocenters. The molecule has 0 saturated heterocycles. The fourth-order valence-electron chi connectivity index (χ4n) is 4.94. The standard InChI is InChI=1S/C29H46N2O4/c1-22(2)29(21-31(3)4,24-13-15-26(33-6)28(20-24)35-8)16-10-18-30-17-9-11-23-12-14-25(32-5)27(19-23)34-7/h12-15,19-20,22,30H,9-11,16-18,21H2,1-8H3. The van der Waals surface area contributed by atoms with E-state index < -0.39 is 0 Å². The first-order chi connectivity index (χ1) is 16.8. The van der Waals surface area contributed by atoms with Crippen molar-refractivity contribution in [2.24, 2.45) is 5.92 Å². The molecule has 2 aromatic carbocycles. The summed E-state index contributed by atoms with van der Waals surface area (Å²) in [6.45, 7) is 7.64. The molecule has 2 rings (SSSR count). The van der Waals surface area contributed by atoms with Gasteiger partial charge in [0.1, 0.15) is 0 Å². The summed E-state index contributed by atoms with van der Waals surface area (Å²) in [5.74, 6) is 3.61. The SMILES string of the molecule is COc1ccc(CCCNCCCC(CN(C)C)(c2ccc(OC)c(OC)c2)C(C)C)cc1OC. The van der Waals surface area contributed by atoms with Crippen LogP contribution in [0.1, 0.15) is 44.2 Å². The zero-order valence-electron chi connectivity index (χ0n) is 23.1. The van der Waals surface area contributed by atoms with Gasteiger partial charge in [0.15, 0.2) is 23.0 Å². The molecular weight excluding hydrogens is 440 g/mol. The lowest BCUT2D eigenvalue weighted by atomic mass is 9.68. The number of benzene rings is 2. The second kappa shape index (κ2) is 14.2. The van der Waals surface area contributed by atoms with Crippen molar-refractivity contribution in [1.29, 1.82) is 0 Å². The van der Waals surface area contributed by atoms with Crippen LogP contribution < -0.4 is 24.3 Å². The Balaban J connectivity index is 1.96. The van der Waals surface area contributed by atoms with Crippen molar-refractivity contribution >= 4 is 0 Å². The summed E-state index contributed by atoms with van der Waals surface area (Å²) in [6.07, 6.45) is 4.30. The molecule has 0 saturated carbocycles. The summed E-state index contributed by atoms with van der Waals surface area (Å²) in [6, 6.07) is 12.6. The minimum absolute atomic E-state index is 0.0321. The highest BCUT2D eigenvalue weighted by Crippen LogP contribution is 2.41. The highest BCUT2D eigenvalue weighted by atomic mass is 16.5. The smallest absolute Gasteiger partial charge is 0.161 e. The van der Waals surface area contributed by atoms with Crippen LogP contribution in [0.2, 0.25) is 0 Å². The van der Waals surface area contributed by atoms with E-state index in [1.807, 2.05) is 12.1 Å². The molecule has 1 N–H and O–H groups in total. The molecule has 0 aliphatic rings. The summed E-state index contributed by atoms with van der Waals surface area (Å²) in [7, 11) is 11.0. The van der Waals surface area contributed by atoms with Crippen LogP contribution in [0, 0.1) is 5.92 Å². The number of aryl methyl sites for hydroxylation is 1. The monoisotopic (exact) mass is 486 g/mol. The van der Waals surface area contributed by atoms with Gasteiger partial charge in [-0.15, -0.1) is 0 Å². The third-order valence-electron chi connectivity index (χ3n) is 6.91. The maximum Gasteiger partial charge on any atom is 0.161 e. The van der Waals surface area contributed by atoms with Crippen molar-refractivity contribution in [3.05, 3.63) is 47.5 Å². The van der Waals surface area contributed by atoms with Crippen LogP contribution in [0.15, 0.2) is 36.4 Å². The fraction of sp³-hybridized carbons (Fsp3) is 0.586. The highest BCUT2D eigenvalue weighted by Gasteiger charge is 2.36. The third-order valence-corrected chi connectivity index (χ3v) is 6.91. The van der Waals surface area contributed by atoms with Gasteiger partial charge in [-0.1, -0.05) is 26.0 Å². The molecule has 196 valence electrons. The van der Waals surface area contributed by atoms with E-state index in [-0.39, 0.29) is 5.41 Å². The van der Waals surface area contributed by atoms with Gasteiger partial charge < -0.3 is 29.2 Å². The summed E-state index contributed by atoms with van der Waals surface area (Å²) in [5, 5.41) is 3.65. The number of rotatable bonds is 16. The normalized spacial score (nSPS) is 13.1. The molecule has 2 aromatic rings. The van der Waals surface area contributed by atoms with Crippen molar-refractivity contribution in [3.63, 3.8) is 0 Å². The Labute approximate surface area is 212 Å². The number of hydrogen-bond acceptors (Lipinski definition) is 6. The quantitative estimate of drug-likeness (QED) is 0.330. The predicted octanol–water partition coefficient (Wildman–Crippen LogP) is 5.18. The van der Waals surface area contributed by atoms with E-state index in [0.29, 0.717) is 5.92 Å². The molecule has 0 bridgehead atoms. The zero-order valence-corrected chi connectivity index (χ0v) is 23.1. The minimum atomic E-state index is 0.0321. The van der Waals surface area contributed by atoms with Gasteiger partial charge in [-0.3, -0.25) is 0 Å². The Morgan fingerprint density at radius 2 is 1.34 bits per heavy atom. The first-order valence-corrected chi connectivity index (χ1v) is 12.6. The summed E-state index contributed by atoms with van der Waals surface area (Å²) in [4.78, 5) is 2.30. The molecule has 0 aromatic heterocycles. The van der Waals surface area contributed by atoms with Crippen LogP contribution in [-0.4, -0.2) is 67.1 Å². The lowest BCUT2D eigenvalue weighted by molar-refractivity contribution is 0.199. The van der Waals surface area contributed by atoms with Gasteiger partial charge in [-0.25, -0.2) is 0 Å². The van der Waals surface area contributed by atoms with E-state index in [2.05, 4.69) is 62.4 Å². The molecule has 0 spiro atoms. The number of ether oxygens (including phenoxy) is 4. The Kier molecular flexibility index (Phi) is 11.7. The summed E-state index contributed by atoms with van der Waals surface area (Å²) in [5.41, 5.74) is 2.61. The Hall–Kier alpha value is -2.44. The zero-order chi connectivity index (χ0) is 25.8. The minimum Gasteiger partial charge on any atom is -0.493 e. The van der Waals surface area contributed by atoms with Crippen LogP contribution in [0.25, 0.3) is 0 Å². The lowest BCUT2D eigenvalue weighted by Gasteiger charge is -2.41. The number of nitrogens with zero attached hydrogens (tertiary/aromatic N) is 1. The van der Waals surface area contributed by atoms with Crippen molar-refractivity contribution < 1.29 is 18.9 Å². The molecule has 1 unspecified atom stereocenters. The topological polar surface area (TPSA) is 52.2 Å². The van der Waals surface area contributed by atoms with Crippen LogP contribution in [0.3, 0.4) is 0 Å². The second-order valence-corrected chi connectivity index (χ2v) is 9.76. The maximum absolute atomic E-state index is 5.62. The number of hydrogen-bond donors (Lipinski definition) is 1. The van der Waals surface area contributed by atoms with Gasteiger partial charge >= 0.3 is 0 Å². The van der Waals surface area contributed by atoms with E-state index in [9.17, 15) is 0 Å². The molecule has 0 radical (unpaired) electrons. The third kappa shape index (κ3) is 7.77. The summed E-state index contributed by atoms with van der Waals surface area (Å²) < 4.78 is 21.9. The Bertz CT molecular complexity index is 900. The van der Waals surface area contributed by atoms with Crippen LogP contribution in [0.5, 0.6) is 23.0 Å². The molecule has 6 heteroatoms. The van der Waals surface area contributed by atoms with Crippen LogP contribution in [-0.2, 0) is 11.8 Å². The fourth-order valence-corrected chi connectivity index (χ4v) is 4.94. The van der Waals surface area contributed by atoms with Crippen molar-refractivity contribution in [3.8, 4) is 23.0 Å². The second-order valence-electron chi connectivity index (χ2n) is 9.76. The van der Waals surface area contributed by atoms with Gasteiger partial charge in [-0.2, -0.15) is 0 Å². The van der Waals surface area contributed by atoms with E-state index >= 15 is 0 Å². The number of likely N-dealkylation sites (N-methyl/N-ethyl adjacent to an activating group) is 1. The number of methoxy groups -OCH3 is 4. The molecule has 35 heavy (non-hydrogen) atoms. The van der Waals surface area contributed by atoms with Crippen LogP contribution in [0.4, 0.5) is 0 Å². The highest BCUT2D eigenvalue weighted by molar-refractivity contribution is 5.46. The Morgan fingerprint density at radius 1 is 0.771 bits per heavy atom. The molecule has 6 nitrogen and oxygen atoms in total. The average Bonchev–Trinajstić information content (AvgIpc) is 2.86. The molecular formula is C29H46N2O4. The van der Waals surface area contributed by atoms with E-state index in [1.54, 1.807) is 28.4 Å².